The summed E-state index contributed by atoms with van der Waals surface area (Å²) in [5.74, 6) is 1.65. The Morgan fingerprint density at radius 1 is 1.03 bits per heavy atom. The maximum absolute atomic E-state index is 12.8. The van der Waals surface area contributed by atoms with E-state index < -0.39 is 10.0 Å². The summed E-state index contributed by atoms with van der Waals surface area (Å²) < 4.78 is 37.1. The molecule has 2 aliphatic rings. The number of anilines is 1. The van der Waals surface area contributed by atoms with Gasteiger partial charge in [0.15, 0.2) is 11.5 Å². The van der Waals surface area contributed by atoms with Gasteiger partial charge in [-0.15, -0.1) is 0 Å². The molecule has 9 heteroatoms. The first-order chi connectivity index (χ1) is 16.2. The minimum atomic E-state index is -3.44. The van der Waals surface area contributed by atoms with Crippen molar-refractivity contribution in [3.05, 3.63) is 53.1 Å². The van der Waals surface area contributed by atoms with Crippen LogP contribution in [0.25, 0.3) is 0 Å². The van der Waals surface area contributed by atoms with Gasteiger partial charge in [0.25, 0.3) is 0 Å². The van der Waals surface area contributed by atoms with Crippen molar-refractivity contribution in [1.82, 2.24) is 9.80 Å². The quantitative estimate of drug-likeness (QED) is 0.570. The molecular formula is C25H33N3O5S. The van der Waals surface area contributed by atoms with E-state index in [2.05, 4.69) is 11.0 Å². The molecule has 0 radical (unpaired) electrons. The Morgan fingerprint density at radius 3 is 2.50 bits per heavy atom. The number of rotatable bonds is 8. The summed E-state index contributed by atoms with van der Waals surface area (Å²) in [6.45, 7) is 8.22. The van der Waals surface area contributed by atoms with Gasteiger partial charge in [-0.25, -0.2) is 8.42 Å². The molecule has 4 rings (SSSR count). The Balaban J connectivity index is 1.26. The van der Waals surface area contributed by atoms with Crippen LogP contribution in [-0.4, -0.2) is 69.9 Å². The van der Waals surface area contributed by atoms with E-state index in [4.69, 9.17) is 9.47 Å². The number of carbonyl (C=O) groups is 1. The third kappa shape index (κ3) is 5.64. The van der Waals surface area contributed by atoms with Crippen LogP contribution in [0.15, 0.2) is 36.4 Å². The summed E-state index contributed by atoms with van der Waals surface area (Å²) >= 11 is 0. The van der Waals surface area contributed by atoms with Crippen LogP contribution in [-0.2, 0) is 21.4 Å². The average Bonchev–Trinajstić information content (AvgIpc) is 3.26. The van der Waals surface area contributed by atoms with E-state index in [0.29, 0.717) is 38.2 Å². The zero-order chi connectivity index (χ0) is 24.3. The molecule has 184 valence electrons. The molecule has 0 spiro atoms. The zero-order valence-electron chi connectivity index (χ0n) is 20.1. The van der Waals surface area contributed by atoms with Crippen LogP contribution in [0, 0.1) is 13.8 Å². The number of aryl methyl sites for hydroxylation is 1. The summed E-state index contributed by atoms with van der Waals surface area (Å²) in [5, 5.41) is 0. The van der Waals surface area contributed by atoms with Gasteiger partial charge in [-0.1, -0.05) is 18.2 Å². The molecule has 0 N–H and O–H groups in total. The first-order valence-corrected chi connectivity index (χ1v) is 13.5. The molecule has 2 heterocycles. The molecule has 2 aromatic rings. The fraction of sp³-hybridized carbons (Fsp3) is 0.480. The molecule has 8 nitrogen and oxygen atoms in total. The molecule has 0 saturated carbocycles. The number of piperazine rings is 1. The van der Waals surface area contributed by atoms with E-state index >= 15 is 0 Å². The van der Waals surface area contributed by atoms with Gasteiger partial charge >= 0.3 is 0 Å². The summed E-state index contributed by atoms with van der Waals surface area (Å²) in [7, 11) is -3.44. The van der Waals surface area contributed by atoms with E-state index in [1.807, 2.05) is 49.1 Å². The van der Waals surface area contributed by atoms with Crippen LogP contribution in [0.4, 0.5) is 5.69 Å². The van der Waals surface area contributed by atoms with Crippen molar-refractivity contribution in [3.63, 3.8) is 0 Å². The van der Waals surface area contributed by atoms with E-state index in [-0.39, 0.29) is 12.7 Å². The van der Waals surface area contributed by atoms with Crippen molar-refractivity contribution in [1.29, 1.82) is 0 Å². The molecule has 0 bridgehead atoms. The Bertz CT molecular complexity index is 1140. The van der Waals surface area contributed by atoms with Crippen molar-refractivity contribution in [2.45, 2.75) is 33.2 Å². The maximum Gasteiger partial charge on any atom is 0.232 e. The first kappa shape index (κ1) is 24.3. The summed E-state index contributed by atoms with van der Waals surface area (Å²) in [5.41, 5.74) is 3.84. The number of ether oxygens (including phenoxy) is 2. The van der Waals surface area contributed by atoms with E-state index in [0.717, 1.165) is 47.8 Å². The largest absolute Gasteiger partial charge is 0.454 e. The fourth-order valence-electron chi connectivity index (χ4n) is 4.46. The molecule has 0 aliphatic carbocycles. The predicted octanol–water partition coefficient (Wildman–Crippen LogP) is 2.92. The number of hydrogen-bond donors (Lipinski definition) is 0. The lowest BCUT2D eigenvalue weighted by Crippen LogP contribution is -2.48. The van der Waals surface area contributed by atoms with Gasteiger partial charge in [-0.2, -0.15) is 0 Å². The number of carbonyl (C=O) groups excluding carboxylic acids is 1. The standard InChI is InChI=1S/C25H33N3O5S/c1-19-6-4-7-22(20(19)2)28(34(3,30)31)11-5-8-25(29)27-14-12-26(13-15-27)17-21-9-10-23-24(16-21)33-18-32-23/h4,6-7,9-10,16H,5,8,11-15,17-18H2,1-3H3. The second kappa shape index (κ2) is 10.2. The Morgan fingerprint density at radius 2 is 1.76 bits per heavy atom. The molecule has 34 heavy (non-hydrogen) atoms. The predicted molar refractivity (Wildman–Crippen MR) is 132 cm³/mol. The molecule has 0 atom stereocenters. The number of benzene rings is 2. The molecule has 1 saturated heterocycles. The highest BCUT2D eigenvalue weighted by molar-refractivity contribution is 7.92. The van der Waals surface area contributed by atoms with Crippen LogP contribution in [0.5, 0.6) is 11.5 Å². The van der Waals surface area contributed by atoms with E-state index in [1.165, 1.54) is 10.6 Å². The minimum Gasteiger partial charge on any atom is -0.454 e. The van der Waals surface area contributed by atoms with Crippen molar-refractivity contribution < 1.29 is 22.7 Å². The average molecular weight is 488 g/mol. The van der Waals surface area contributed by atoms with E-state index in [1.54, 1.807) is 0 Å². The molecule has 1 fully saturated rings. The molecular weight excluding hydrogens is 454 g/mol. The van der Waals surface area contributed by atoms with Crippen LogP contribution >= 0.6 is 0 Å². The normalized spacial score (nSPS) is 16.0. The van der Waals surface area contributed by atoms with Gasteiger partial charge in [-0.3, -0.25) is 14.0 Å². The number of fused-ring (bicyclic) bond motifs is 1. The van der Waals surface area contributed by atoms with Crippen molar-refractivity contribution >= 4 is 21.6 Å². The van der Waals surface area contributed by atoms with Gasteiger partial charge in [0.2, 0.25) is 22.7 Å². The van der Waals surface area contributed by atoms with Gasteiger partial charge in [-0.05, 0) is 55.2 Å². The van der Waals surface area contributed by atoms with Gasteiger partial charge in [0.05, 0.1) is 11.9 Å². The SMILES string of the molecule is Cc1cccc(N(CCCC(=O)N2CCN(Cc3ccc4c(c3)OCO4)CC2)S(C)(=O)=O)c1C. The van der Waals surface area contributed by atoms with Crippen molar-refractivity contribution in [2.75, 3.05) is 50.1 Å². The summed E-state index contributed by atoms with van der Waals surface area (Å²) in [6.07, 6.45) is 2.03. The van der Waals surface area contributed by atoms with Gasteiger partial charge in [0, 0.05) is 45.7 Å². The van der Waals surface area contributed by atoms with Gasteiger partial charge in [0.1, 0.15) is 0 Å². The monoisotopic (exact) mass is 487 g/mol. The van der Waals surface area contributed by atoms with Crippen LogP contribution in [0.2, 0.25) is 0 Å². The van der Waals surface area contributed by atoms with Crippen LogP contribution in [0.3, 0.4) is 0 Å². The molecule has 0 aromatic heterocycles. The third-order valence-electron chi connectivity index (χ3n) is 6.57. The second-order valence-corrected chi connectivity index (χ2v) is 10.9. The maximum atomic E-state index is 12.8. The van der Waals surface area contributed by atoms with Crippen LogP contribution in [0.1, 0.15) is 29.5 Å². The molecule has 2 aromatic carbocycles. The Hall–Kier alpha value is -2.78. The lowest BCUT2D eigenvalue weighted by molar-refractivity contribution is -0.133. The van der Waals surface area contributed by atoms with Crippen molar-refractivity contribution in [3.8, 4) is 11.5 Å². The van der Waals surface area contributed by atoms with Gasteiger partial charge < -0.3 is 14.4 Å². The first-order valence-electron chi connectivity index (χ1n) is 11.6. The highest BCUT2D eigenvalue weighted by atomic mass is 32.2. The number of sulfonamides is 1. The number of nitrogens with zero attached hydrogens (tertiary/aromatic N) is 3. The fourth-order valence-corrected chi connectivity index (χ4v) is 5.47. The smallest absolute Gasteiger partial charge is 0.232 e. The van der Waals surface area contributed by atoms with E-state index in [9.17, 15) is 13.2 Å². The number of hydrogen-bond acceptors (Lipinski definition) is 6. The lowest BCUT2D eigenvalue weighted by Gasteiger charge is -2.35. The van der Waals surface area contributed by atoms with Crippen molar-refractivity contribution in [2.24, 2.45) is 0 Å². The molecule has 2 aliphatic heterocycles. The topological polar surface area (TPSA) is 79.4 Å². The number of amides is 1. The Labute approximate surface area is 202 Å². The Kier molecular flexibility index (Phi) is 7.33. The summed E-state index contributed by atoms with van der Waals surface area (Å²) in [4.78, 5) is 17.0. The highest BCUT2D eigenvalue weighted by Crippen LogP contribution is 2.33. The highest BCUT2D eigenvalue weighted by Gasteiger charge is 2.24. The summed E-state index contributed by atoms with van der Waals surface area (Å²) in [6, 6.07) is 11.7. The second-order valence-electron chi connectivity index (χ2n) is 9.00. The molecule has 1 amide bonds. The minimum absolute atomic E-state index is 0.0807. The third-order valence-corrected chi connectivity index (χ3v) is 7.74. The lowest BCUT2D eigenvalue weighted by atomic mass is 10.1. The zero-order valence-corrected chi connectivity index (χ0v) is 20.9. The van der Waals surface area contributed by atoms with Crippen LogP contribution < -0.4 is 13.8 Å². The molecule has 0 unspecified atom stereocenters.